The SMILES string of the molecule is CO[C@H]1C[C@@H]2CC[C@@H](C)[C@@](O)(O2)C(=O)C(=O)N2CCCC[C@H]2C(=O)O[C@H]([C@H](C)C[C@@H]2CC[C@@H](OC(=O)C[n+]3csc(C)c3C)[C@H](OC)C2)CC(=O)[C@H](C)/C=C(\C)[C@@H](O)[C@@H](OC)C(=O)[C@H](C)C[C@H](C)/C=C/C=C/C=C/1C. The maximum atomic E-state index is 14.6. The molecule has 1 aromatic heterocycles. The Balaban J connectivity index is 1.43. The molecule has 2 bridgehead atoms. The molecule has 4 heterocycles. The molecule has 0 aromatic carbocycles. The fraction of sp³-hybridized carbons (Fsp3) is 0.707. The van der Waals surface area contributed by atoms with Gasteiger partial charge in [0.05, 0.1) is 23.2 Å². The topological polar surface area (TPSA) is 205 Å². The molecule has 17 heteroatoms. The first-order chi connectivity index (χ1) is 35.5. The molecule has 3 aliphatic heterocycles. The first-order valence-corrected chi connectivity index (χ1v) is 28.0. The lowest BCUT2D eigenvalue weighted by atomic mass is 9.78. The number of ether oxygens (including phenoxy) is 6. The van der Waals surface area contributed by atoms with Gasteiger partial charge in [0.1, 0.15) is 36.2 Å². The number of esters is 2. The number of aromatic nitrogens is 1. The fourth-order valence-electron chi connectivity index (χ4n) is 11.2. The Morgan fingerprint density at radius 2 is 1.61 bits per heavy atom. The van der Waals surface area contributed by atoms with Gasteiger partial charge < -0.3 is 43.5 Å². The van der Waals surface area contributed by atoms with Crippen molar-refractivity contribution in [2.45, 2.75) is 200 Å². The summed E-state index contributed by atoms with van der Waals surface area (Å²) in [4.78, 5) is 86.9. The molecule has 1 aromatic rings. The number of amides is 1. The van der Waals surface area contributed by atoms with E-state index in [9.17, 15) is 39.0 Å². The van der Waals surface area contributed by atoms with Crippen LogP contribution >= 0.6 is 11.3 Å². The molecular formula is C58H87N2O14S+. The van der Waals surface area contributed by atoms with Crippen molar-refractivity contribution in [1.82, 2.24) is 4.90 Å². The molecule has 15 atom stereocenters. The summed E-state index contributed by atoms with van der Waals surface area (Å²) >= 11 is 1.57. The van der Waals surface area contributed by atoms with Crippen LogP contribution in [0.25, 0.3) is 0 Å². The van der Waals surface area contributed by atoms with Gasteiger partial charge in [-0.25, -0.2) is 9.59 Å². The summed E-state index contributed by atoms with van der Waals surface area (Å²) in [7, 11) is 4.54. The lowest BCUT2D eigenvalue weighted by molar-refractivity contribution is -0.687. The lowest BCUT2D eigenvalue weighted by Crippen LogP contribution is -2.61. The number of hydrogen-bond acceptors (Lipinski definition) is 15. The van der Waals surface area contributed by atoms with Crippen molar-refractivity contribution in [2.75, 3.05) is 27.9 Å². The monoisotopic (exact) mass is 1070 g/mol. The van der Waals surface area contributed by atoms with Crippen LogP contribution in [0.1, 0.15) is 136 Å². The number of cyclic esters (lactones) is 1. The Morgan fingerprint density at radius 1 is 0.880 bits per heavy atom. The highest BCUT2D eigenvalue weighted by Crippen LogP contribution is 2.38. The van der Waals surface area contributed by atoms with Gasteiger partial charge in [0.25, 0.3) is 11.7 Å². The summed E-state index contributed by atoms with van der Waals surface area (Å²) in [6.45, 7) is 16.8. The van der Waals surface area contributed by atoms with Gasteiger partial charge in [0, 0.05) is 65.4 Å². The molecule has 1 saturated carbocycles. The molecule has 3 fully saturated rings. The number of ketones is 3. The van der Waals surface area contributed by atoms with E-state index in [1.165, 1.54) is 12.0 Å². The summed E-state index contributed by atoms with van der Waals surface area (Å²) in [5, 5.41) is 23.6. The number of aliphatic hydroxyl groups is 2. The Hall–Kier alpha value is -4.23. The van der Waals surface area contributed by atoms with Gasteiger partial charge >= 0.3 is 11.9 Å². The molecule has 418 valence electrons. The fourth-order valence-corrected chi connectivity index (χ4v) is 12.1. The molecule has 4 aliphatic rings. The number of rotatable bonds is 9. The average Bonchev–Trinajstić information content (AvgIpc) is 3.69. The van der Waals surface area contributed by atoms with E-state index in [1.54, 1.807) is 52.4 Å². The van der Waals surface area contributed by atoms with E-state index in [0.29, 0.717) is 69.8 Å². The molecule has 2 saturated heterocycles. The molecule has 1 aliphatic carbocycles. The molecule has 2 N–H and O–H groups in total. The van der Waals surface area contributed by atoms with Crippen molar-refractivity contribution in [2.24, 2.45) is 35.5 Å². The summed E-state index contributed by atoms with van der Waals surface area (Å²) in [6, 6.07) is -1.17. The van der Waals surface area contributed by atoms with Gasteiger partial charge in [-0.15, -0.1) is 0 Å². The number of allylic oxidation sites excluding steroid dienone is 6. The van der Waals surface area contributed by atoms with Crippen LogP contribution in [0.15, 0.2) is 53.1 Å². The summed E-state index contributed by atoms with van der Waals surface area (Å²) in [6.07, 6.45) is 10.9. The van der Waals surface area contributed by atoms with E-state index in [2.05, 4.69) is 0 Å². The molecule has 0 unspecified atom stereocenters. The molecule has 1 amide bonds. The van der Waals surface area contributed by atoms with Crippen molar-refractivity contribution in [1.29, 1.82) is 0 Å². The number of carbonyl (C=O) groups excluding carboxylic acids is 6. The number of Topliss-reactive ketones (excluding diaryl/α,β-unsaturated/α-hetero) is 3. The van der Waals surface area contributed by atoms with E-state index in [-0.39, 0.29) is 55.3 Å². The third-order valence-electron chi connectivity index (χ3n) is 16.3. The number of aryl methyl sites for hydroxylation is 1. The van der Waals surface area contributed by atoms with Crippen molar-refractivity contribution < 1.29 is 72.0 Å². The van der Waals surface area contributed by atoms with Crippen molar-refractivity contribution in [3.63, 3.8) is 0 Å². The first kappa shape index (κ1) is 61.6. The predicted octanol–water partition coefficient (Wildman–Crippen LogP) is 7.40. The highest BCUT2D eigenvalue weighted by atomic mass is 32.1. The maximum absolute atomic E-state index is 14.6. The summed E-state index contributed by atoms with van der Waals surface area (Å²) in [5.74, 6) is -8.61. The van der Waals surface area contributed by atoms with Crippen LogP contribution in [0.3, 0.4) is 0 Å². The minimum absolute atomic E-state index is 0.00524. The van der Waals surface area contributed by atoms with Crippen LogP contribution in [-0.2, 0) is 63.7 Å². The second kappa shape index (κ2) is 28.4. The van der Waals surface area contributed by atoms with Gasteiger partial charge in [-0.2, -0.15) is 4.57 Å². The quantitative estimate of drug-likeness (QED) is 0.107. The summed E-state index contributed by atoms with van der Waals surface area (Å²) < 4.78 is 37.8. The zero-order valence-corrected chi connectivity index (χ0v) is 47.4. The molecular weight excluding hydrogens is 981 g/mol. The van der Waals surface area contributed by atoms with E-state index in [1.807, 2.05) is 82.0 Å². The number of thiazole rings is 1. The second-order valence-electron chi connectivity index (χ2n) is 22.0. The second-order valence-corrected chi connectivity index (χ2v) is 23.1. The van der Waals surface area contributed by atoms with Crippen LogP contribution in [0.5, 0.6) is 0 Å². The number of methoxy groups -OCH3 is 3. The van der Waals surface area contributed by atoms with E-state index in [0.717, 1.165) is 16.1 Å². The van der Waals surface area contributed by atoms with Crippen LogP contribution < -0.4 is 4.57 Å². The normalized spacial score (nSPS) is 36.5. The predicted molar refractivity (Wildman–Crippen MR) is 283 cm³/mol. The van der Waals surface area contributed by atoms with Gasteiger partial charge in [-0.3, -0.25) is 19.2 Å². The Morgan fingerprint density at radius 3 is 2.28 bits per heavy atom. The Kier molecular flexibility index (Phi) is 23.3. The first-order valence-electron chi connectivity index (χ1n) is 27.2. The third-order valence-corrected chi connectivity index (χ3v) is 17.3. The van der Waals surface area contributed by atoms with E-state index in [4.69, 9.17) is 28.4 Å². The number of fused-ring (bicyclic) bond motifs is 3. The van der Waals surface area contributed by atoms with Crippen molar-refractivity contribution in [3.8, 4) is 0 Å². The van der Waals surface area contributed by atoms with Crippen LogP contribution in [0, 0.1) is 49.4 Å². The third kappa shape index (κ3) is 16.2. The zero-order chi connectivity index (χ0) is 55.3. The zero-order valence-electron chi connectivity index (χ0n) is 46.6. The number of hydrogen-bond donors (Lipinski definition) is 2. The largest absolute Gasteiger partial charge is 0.460 e. The molecule has 75 heavy (non-hydrogen) atoms. The number of nitrogens with zero attached hydrogens (tertiary/aromatic N) is 2. The number of piperidine rings is 1. The minimum Gasteiger partial charge on any atom is -0.460 e. The Labute approximate surface area is 449 Å². The summed E-state index contributed by atoms with van der Waals surface area (Å²) in [5.41, 5.74) is 4.16. The van der Waals surface area contributed by atoms with Gasteiger partial charge in [0.15, 0.2) is 11.5 Å². The molecule has 5 rings (SSSR count). The molecule has 0 spiro atoms. The highest BCUT2D eigenvalue weighted by Gasteiger charge is 2.53. The average molecular weight is 1070 g/mol. The van der Waals surface area contributed by atoms with Crippen LogP contribution in [0.2, 0.25) is 0 Å². The van der Waals surface area contributed by atoms with E-state index >= 15 is 0 Å². The smallest absolute Gasteiger partial charge is 0.373 e. The number of carbonyl (C=O) groups is 6. The van der Waals surface area contributed by atoms with Crippen LogP contribution in [-0.4, -0.2) is 133 Å². The molecule has 0 radical (unpaired) electrons. The van der Waals surface area contributed by atoms with Crippen molar-refractivity contribution in [3.05, 3.63) is 63.7 Å². The van der Waals surface area contributed by atoms with E-state index < -0.39 is 95.9 Å². The minimum atomic E-state index is -2.45. The maximum Gasteiger partial charge on any atom is 0.373 e. The van der Waals surface area contributed by atoms with Gasteiger partial charge in [-0.1, -0.05) is 82.4 Å². The Bertz CT molecular complexity index is 2270. The standard InChI is InChI=1S/C58H87N2O14S/c1-34-18-14-13-15-19-35(2)48(69-10)30-44-23-21-40(7)58(68,74-44)55(65)56(66)60-25-17-16-20-45(60)57(67)73-49(31-46(61)36(3)27-39(6)53(64)54(71-12)52(63)38(5)26-34)37(4)28-43-22-24-47(50(29-43)70-11)72-51(62)32-59-33-75-42(9)41(59)8/h13-15,18-19,27,33-34,36-38,40,43-45,47-50,53-54,64,68H,16-17,20-26,28-32H2,1-12H3/q+1/b15-13+,18-14+,35-19+,39-27+/t34-,36-,37-,38-,40-,43+,44+,45+,47-,48+,49+,50-,53-,54+,58-/m1/s1. The highest BCUT2D eigenvalue weighted by molar-refractivity contribution is 7.09. The van der Waals surface area contributed by atoms with Crippen molar-refractivity contribution >= 4 is 46.5 Å². The number of aliphatic hydroxyl groups excluding tert-OH is 1. The van der Waals surface area contributed by atoms with Gasteiger partial charge in [0.2, 0.25) is 17.8 Å². The molecule has 16 nitrogen and oxygen atoms in total. The van der Waals surface area contributed by atoms with Crippen LogP contribution in [0.4, 0.5) is 0 Å². The van der Waals surface area contributed by atoms with Gasteiger partial charge in [-0.05, 0) is 114 Å². The lowest BCUT2D eigenvalue weighted by Gasteiger charge is -2.42.